The number of halogens is 6. The van der Waals surface area contributed by atoms with E-state index in [2.05, 4.69) is 0 Å². The Kier molecular flexibility index (Phi) is 9.91. The Hall–Kier alpha value is -1.17. The number of nitrogens with one attached hydrogen (secondary N) is 1. The minimum Gasteiger partial charge on any atom is -0.480 e. The summed E-state index contributed by atoms with van der Waals surface area (Å²) in [6, 6.07) is -0.716. The zero-order valence-corrected chi connectivity index (χ0v) is 13.8. The molecule has 0 aromatic heterocycles. The van der Waals surface area contributed by atoms with Crippen LogP contribution in [0.1, 0.15) is 19.3 Å². The first kappa shape index (κ1) is 26.1. The van der Waals surface area contributed by atoms with E-state index in [4.69, 9.17) is 16.6 Å². The van der Waals surface area contributed by atoms with Crippen LogP contribution in [-0.4, -0.2) is 51.5 Å². The molecular weight excluding hydrogens is 412 g/mol. The van der Waals surface area contributed by atoms with Crippen molar-refractivity contribution in [2.75, 3.05) is 6.54 Å². The molecule has 0 rings (SSSR count). The van der Waals surface area contributed by atoms with Gasteiger partial charge in [0.1, 0.15) is 6.04 Å². The van der Waals surface area contributed by atoms with Gasteiger partial charge >= 0.3 is 37.0 Å². The molecule has 0 saturated heterocycles. The van der Waals surface area contributed by atoms with Crippen LogP contribution in [0.4, 0.5) is 26.3 Å². The van der Waals surface area contributed by atoms with E-state index in [9.17, 15) is 48.0 Å². The van der Waals surface area contributed by atoms with Crippen molar-refractivity contribution in [3.8, 4) is 0 Å². The van der Waals surface area contributed by atoms with Crippen LogP contribution in [0.2, 0.25) is 0 Å². The van der Waals surface area contributed by atoms with Gasteiger partial charge in [-0.1, -0.05) is 10.5 Å². The van der Waals surface area contributed by atoms with Crippen molar-refractivity contribution in [2.24, 2.45) is 11.5 Å². The summed E-state index contributed by atoms with van der Waals surface area (Å²) in [5.74, 6) is -0.933. The second-order valence-electron chi connectivity index (χ2n) is 4.21. The lowest BCUT2D eigenvalue weighted by molar-refractivity contribution is -0.138. The maximum absolute atomic E-state index is 11.5. The number of carboxylic acid groups (broad SMARTS) is 1. The van der Waals surface area contributed by atoms with Gasteiger partial charge in [0.25, 0.3) is 0 Å². The number of aliphatic carboxylic acids is 1. The van der Waals surface area contributed by atoms with Gasteiger partial charge in [-0.05, 0) is 19.4 Å². The van der Waals surface area contributed by atoms with Crippen LogP contribution in [0.25, 0.3) is 0 Å². The summed E-state index contributed by atoms with van der Waals surface area (Å²) >= 11 is 0. The minimum absolute atomic E-state index is 0.493. The molecule has 0 aromatic carbocycles. The molecule has 9 nitrogen and oxygen atoms in total. The second kappa shape index (κ2) is 9.51. The normalized spacial score (nSPS) is 14.4. The molecule has 0 unspecified atom stereocenters. The highest BCUT2D eigenvalue weighted by Crippen LogP contribution is 2.27. The van der Waals surface area contributed by atoms with Crippen LogP contribution in [-0.2, 0) is 24.8 Å². The van der Waals surface area contributed by atoms with Crippen LogP contribution >= 0.6 is 0 Å². The summed E-state index contributed by atoms with van der Waals surface area (Å²) in [5.41, 5.74) is -1.88. The number of sulfonamides is 2. The molecule has 0 bridgehead atoms. The van der Waals surface area contributed by atoms with E-state index in [1.807, 2.05) is 0 Å². The number of rotatable bonds is 7. The van der Waals surface area contributed by atoms with Crippen LogP contribution < -0.4 is 15.6 Å². The van der Waals surface area contributed by atoms with Crippen molar-refractivity contribution in [2.45, 2.75) is 36.3 Å². The van der Waals surface area contributed by atoms with E-state index in [-0.39, 0.29) is 0 Å². The molecule has 0 aliphatic heterocycles. The average molecular weight is 427 g/mol. The predicted octanol–water partition coefficient (Wildman–Crippen LogP) is -0.197. The molecule has 152 valence electrons. The van der Waals surface area contributed by atoms with E-state index in [1.54, 1.807) is 0 Å². The Labute approximate surface area is 138 Å². The third-order valence-corrected chi connectivity index (χ3v) is 5.09. The highest BCUT2D eigenvalue weighted by Gasteiger charge is 2.55. The van der Waals surface area contributed by atoms with Gasteiger partial charge in [-0.25, -0.2) is 16.8 Å². The molecule has 1 atom stereocenters. The van der Waals surface area contributed by atoms with Gasteiger partial charge < -0.3 is 16.6 Å². The van der Waals surface area contributed by atoms with Crippen LogP contribution in [0.3, 0.4) is 0 Å². The molecule has 17 heteroatoms. The zero-order chi connectivity index (χ0) is 20.7. The molecule has 0 amide bonds. The Morgan fingerprint density at radius 3 is 1.56 bits per heavy atom. The van der Waals surface area contributed by atoms with Crippen LogP contribution in [0, 0.1) is 0 Å². The van der Waals surface area contributed by atoms with E-state index < -0.39 is 47.2 Å². The number of carbonyl (C=O) groups is 1. The number of hydrogen-bond donors (Lipinski definition) is 4. The van der Waals surface area contributed by atoms with E-state index in [0.717, 1.165) is 12.8 Å². The molecule has 0 aromatic rings. The number of unbranched alkanes of at least 4 members (excludes halogenated alkanes) is 1. The SMILES string of the molecule is NCCCC[C@H](N)C(=O)O.O=S(=O)(NS(=O)(=O)C(F)(F)F)C(F)(F)F. The predicted molar refractivity (Wildman–Crippen MR) is 71.6 cm³/mol. The van der Waals surface area contributed by atoms with Crippen molar-refractivity contribution in [1.82, 2.24) is 4.13 Å². The molecule has 0 aliphatic rings. The van der Waals surface area contributed by atoms with Gasteiger partial charge in [0.05, 0.1) is 0 Å². The Morgan fingerprint density at radius 1 is 0.960 bits per heavy atom. The third-order valence-electron chi connectivity index (χ3n) is 2.12. The third kappa shape index (κ3) is 9.78. The van der Waals surface area contributed by atoms with Crippen molar-refractivity contribution in [1.29, 1.82) is 0 Å². The maximum Gasteiger partial charge on any atom is 0.512 e. The van der Waals surface area contributed by atoms with Crippen LogP contribution in [0.15, 0.2) is 0 Å². The van der Waals surface area contributed by atoms with Crippen molar-refractivity contribution >= 4 is 26.0 Å². The first-order valence-electron chi connectivity index (χ1n) is 5.98. The molecule has 0 fully saturated rings. The summed E-state index contributed by atoms with van der Waals surface area (Å²) in [6.07, 6.45) is 2.16. The van der Waals surface area contributed by atoms with Gasteiger partial charge in [0.15, 0.2) is 0 Å². The topological polar surface area (TPSA) is 170 Å². The van der Waals surface area contributed by atoms with Gasteiger partial charge in [0, 0.05) is 0 Å². The fourth-order valence-corrected chi connectivity index (χ4v) is 2.78. The van der Waals surface area contributed by atoms with E-state index in [0.29, 0.717) is 13.0 Å². The number of nitrogens with two attached hydrogens (primary N) is 2. The Balaban J connectivity index is 0. The highest BCUT2D eigenvalue weighted by atomic mass is 32.3. The molecular formula is C8H15F6N3O6S2. The second-order valence-corrected chi connectivity index (χ2v) is 7.82. The fourth-order valence-electron chi connectivity index (χ4n) is 0.871. The lowest BCUT2D eigenvalue weighted by Crippen LogP contribution is -2.45. The van der Waals surface area contributed by atoms with Gasteiger partial charge in [-0.3, -0.25) is 4.79 Å². The standard InChI is InChI=1S/C6H14N2O2.C2HF6NO4S2/c7-4-2-1-3-5(8)6(9)10;3-1(4,5)14(10,11)9-15(12,13)2(6,7)8/h5H,1-4,7-8H2,(H,9,10);9H/t5-;/m0./s1. The molecule has 0 spiro atoms. The Morgan fingerprint density at radius 2 is 1.32 bits per heavy atom. The molecule has 0 aliphatic carbocycles. The maximum atomic E-state index is 11.5. The van der Waals surface area contributed by atoms with Crippen molar-refractivity contribution in [3.63, 3.8) is 0 Å². The lowest BCUT2D eigenvalue weighted by atomic mass is 10.1. The average Bonchev–Trinajstić information content (AvgIpc) is 2.35. The molecule has 0 heterocycles. The smallest absolute Gasteiger partial charge is 0.480 e. The largest absolute Gasteiger partial charge is 0.512 e. The van der Waals surface area contributed by atoms with E-state index in [1.165, 1.54) is 0 Å². The highest BCUT2D eigenvalue weighted by molar-refractivity contribution is 8.05. The molecule has 0 saturated carbocycles. The first-order valence-corrected chi connectivity index (χ1v) is 8.95. The minimum atomic E-state index is -6.60. The van der Waals surface area contributed by atoms with Crippen molar-refractivity contribution < 1.29 is 53.1 Å². The van der Waals surface area contributed by atoms with Gasteiger partial charge in [-0.15, -0.1) is 0 Å². The molecule has 6 N–H and O–H groups in total. The van der Waals surface area contributed by atoms with Crippen LogP contribution in [0.5, 0.6) is 0 Å². The summed E-state index contributed by atoms with van der Waals surface area (Å²) in [4.78, 5) is 10.1. The first-order chi connectivity index (χ1) is 10.9. The number of carboxylic acids is 1. The summed E-state index contributed by atoms with van der Waals surface area (Å²) in [7, 11) is -13.2. The summed E-state index contributed by atoms with van der Waals surface area (Å²) in [6.45, 7) is 0.604. The molecule has 0 radical (unpaired) electrons. The lowest BCUT2D eigenvalue weighted by Gasteiger charge is -2.11. The zero-order valence-electron chi connectivity index (χ0n) is 12.1. The fraction of sp³-hybridized carbons (Fsp3) is 0.875. The summed E-state index contributed by atoms with van der Waals surface area (Å²) < 4.78 is 108. The van der Waals surface area contributed by atoms with E-state index >= 15 is 0 Å². The molecule has 25 heavy (non-hydrogen) atoms. The van der Waals surface area contributed by atoms with Gasteiger partial charge in [-0.2, -0.15) is 26.3 Å². The van der Waals surface area contributed by atoms with Crippen molar-refractivity contribution in [3.05, 3.63) is 0 Å². The Bertz CT molecular complexity index is 588. The monoisotopic (exact) mass is 427 g/mol. The summed E-state index contributed by atoms with van der Waals surface area (Å²) in [5, 5.41) is 8.33. The quantitative estimate of drug-likeness (QED) is 0.320. The number of hydrogen-bond acceptors (Lipinski definition) is 7. The van der Waals surface area contributed by atoms with Gasteiger partial charge in [0.2, 0.25) is 0 Å². The number of alkyl halides is 6.